The minimum atomic E-state index is 0. The van der Waals surface area contributed by atoms with E-state index in [1.807, 2.05) is 0 Å². The maximum Gasteiger partial charge on any atom is 0.169 e. The summed E-state index contributed by atoms with van der Waals surface area (Å²) < 4.78 is 2.30. The van der Waals surface area contributed by atoms with Gasteiger partial charge in [-0.15, -0.1) is 0 Å². The van der Waals surface area contributed by atoms with Crippen LogP contribution < -0.4 is 21.5 Å². The maximum absolute atomic E-state index is 2.30. The van der Waals surface area contributed by atoms with Crippen molar-refractivity contribution in [2.24, 2.45) is 0 Å². The van der Waals surface area contributed by atoms with Crippen molar-refractivity contribution in [3.63, 3.8) is 0 Å². The van der Waals surface area contributed by atoms with Crippen molar-refractivity contribution in [2.75, 3.05) is 0 Å². The number of rotatable bonds is 9. The molecule has 1 heterocycles. The number of hydrogen-bond donors (Lipinski definition) is 0. The van der Waals surface area contributed by atoms with Crippen molar-refractivity contribution in [2.45, 2.75) is 71.8 Å². The third kappa shape index (κ3) is 8.68. The van der Waals surface area contributed by atoms with Gasteiger partial charge in [0, 0.05) is 18.6 Å². The van der Waals surface area contributed by atoms with Crippen molar-refractivity contribution in [1.82, 2.24) is 0 Å². The van der Waals surface area contributed by atoms with E-state index in [1.54, 1.807) is 0 Å². The molecular formula is C16H28BrN. The third-order valence-electron chi connectivity index (χ3n) is 3.33. The standard InChI is InChI=1S/C16H28N.BrH/c1-3-4-5-6-7-8-9-10-13-17-14-11-16(2)12-15-17;/h11-12,14-15H,3-10,13H2,1-2H3;1H/q+1;/p-1. The van der Waals surface area contributed by atoms with Crippen molar-refractivity contribution in [1.29, 1.82) is 0 Å². The predicted octanol–water partition coefficient (Wildman–Crippen LogP) is 1.43. The molecule has 0 spiro atoms. The summed E-state index contributed by atoms with van der Waals surface area (Å²) in [7, 11) is 0. The van der Waals surface area contributed by atoms with Gasteiger partial charge in [-0.25, -0.2) is 4.57 Å². The van der Waals surface area contributed by atoms with E-state index in [0.29, 0.717) is 0 Å². The monoisotopic (exact) mass is 313 g/mol. The molecule has 0 radical (unpaired) electrons. The zero-order valence-electron chi connectivity index (χ0n) is 12.0. The maximum atomic E-state index is 2.30. The number of hydrogen-bond acceptors (Lipinski definition) is 0. The second kappa shape index (κ2) is 11.7. The molecule has 0 amide bonds. The van der Waals surface area contributed by atoms with Crippen LogP contribution >= 0.6 is 0 Å². The van der Waals surface area contributed by atoms with E-state index in [1.165, 1.54) is 63.5 Å². The van der Waals surface area contributed by atoms with Crippen LogP contribution in [-0.2, 0) is 6.54 Å². The van der Waals surface area contributed by atoms with Crippen LogP contribution in [0.2, 0.25) is 0 Å². The Morgan fingerprint density at radius 1 is 0.833 bits per heavy atom. The highest BCUT2D eigenvalue weighted by atomic mass is 79.9. The fourth-order valence-electron chi connectivity index (χ4n) is 2.11. The van der Waals surface area contributed by atoms with Gasteiger partial charge in [0.15, 0.2) is 12.4 Å². The van der Waals surface area contributed by atoms with Gasteiger partial charge in [-0.3, -0.25) is 0 Å². The Labute approximate surface area is 123 Å². The lowest BCUT2D eigenvalue weighted by atomic mass is 10.1. The highest BCUT2D eigenvalue weighted by Gasteiger charge is 1.98. The third-order valence-corrected chi connectivity index (χ3v) is 3.33. The summed E-state index contributed by atoms with van der Waals surface area (Å²) in [5.41, 5.74) is 1.34. The molecule has 0 aromatic carbocycles. The SMILES string of the molecule is CCCCCCCCCC[n+]1ccc(C)cc1.[Br-]. The molecule has 1 aromatic heterocycles. The molecule has 104 valence electrons. The van der Waals surface area contributed by atoms with Crippen LogP contribution in [0.3, 0.4) is 0 Å². The van der Waals surface area contributed by atoms with E-state index in [0.717, 1.165) is 0 Å². The fourth-order valence-corrected chi connectivity index (χ4v) is 2.11. The first-order valence-electron chi connectivity index (χ1n) is 7.28. The molecule has 1 rings (SSSR count). The second-order valence-electron chi connectivity index (χ2n) is 5.09. The molecule has 0 aliphatic heterocycles. The zero-order chi connectivity index (χ0) is 12.3. The molecule has 1 aromatic rings. The summed E-state index contributed by atoms with van der Waals surface area (Å²) in [5, 5.41) is 0. The Hall–Kier alpha value is -0.370. The van der Waals surface area contributed by atoms with Gasteiger partial charge >= 0.3 is 0 Å². The number of halogens is 1. The highest BCUT2D eigenvalue weighted by Crippen LogP contribution is 2.08. The first-order chi connectivity index (χ1) is 8.33. The van der Waals surface area contributed by atoms with Gasteiger partial charge in [-0.1, -0.05) is 45.4 Å². The molecule has 0 aliphatic carbocycles. The van der Waals surface area contributed by atoms with Crippen LogP contribution in [0.1, 0.15) is 63.9 Å². The molecule has 0 N–H and O–H groups in total. The number of aryl methyl sites for hydroxylation is 2. The Kier molecular flexibility index (Phi) is 11.5. The first-order valence-corrected chi connectivity index (χ1v) is 7.28. The van der Waals surface area contributed by atoms with E-state index in [4.69, 9.17) is 0 Å². The van der Waals surface area contributed by atoms with Crippen LogP contribution in [-0.4, -0.2) is 0 Å². The quantitative estimate of drug-likeness (QED) is 0.480. The molecule has 2 heteroatoms. The van der Waals surface area contributed by atoms with Crippen molar-refractivity contribution < 1.29 is 21.5 Å². The normalized spacial score (nSPS) is 10.1. The van der Waals surface area contributed by atoms with Crippen molar-refractivity contribution >= 4 is 0 Å². The summed E-state index contributed by atoms with van der Waals surface area (Å²) in [6.45, 7) is 5.59. The average Bonchev–Trinajstić information content (AvgIpc) is 2.35. The molecule has 0 atom stereocenters. The van der Waals surface area contributed by atoms with Gasteiger partial charge in [-0.05, 0) is 18.9 Å². The topological polar surface area (TPSA) is 3.88 Å². The molecule has 0 unspecified atom stereocenters. The van der Waals surface area contributed by atoms with Crippen molar-refractivity contribution in [3.05, 3.63) is 30.1 Å². The molecule has 1 nitrogen and oxygen atoms in total. The lowest BCUT2D eigenvalue weighted by Gasteiger charge is -2.00. The van der Waals surface area contributed by atoms with Gasteiger partial charge < -0.3 is 17.0 Å². The Morgan fingerprint density at radius 3 is 1.89 bits per heavy atom. The lowest BCUT2D eigenvalue weighted by molar-refractivity contribution is -0.697. The number of nitrogens with zero attached hydrogens (tertiary/aromatic N) is 1. The Bertz CT molecular complexity index is 282. The summed E-state index contributed by atoms with van der Waals surface area (Å²) in [4.78, 5) is 0. The number of unbranched alkanes of at least 4 members (excludes halogenated alkanes) is 7. The molecular weight excluding hydrogens is 286 g/mol. The number of aromatic nitrogens is 1. The lowest BCUT2D eigenvalue weighted by Crippen LogP contribution is -3.00. The Balaban J connectivity index is 0.00000289. The van der Waals surface area contributed by atoms with Crippen LogP contribution in [0.4, 0.5) is 0 Å². The largest absolute Gasteiger partial charge is 1.00 e. The molecule has 18 heavy (non-hydrogen) atoms. The first kappa shape index (κ1) is 17.6. The van der Waals surface area contributed by atoms with Crippen LogP contribution in [0, 0.1) is 6.92 Å². The molecule has 0 fully saturated rings. The molecule has 0 saturated carbocycles. The van der Waals surface area contributed by atoms with Crippen LogP contribution in [0.5, 0.6) is 0 Å². The predicted molar refractivity (Wildman–Crippen MR) is 74.0 cm³/mol. The van der Waals surface area contributed by atoms with Gasteiger partial charge in [0.25, 0.3) is 0 Å². The van der Waals surface area contributed by atoms with Gasteiger partial charge in [0.05, 0.1) is 0 Å². The van der Waals surface area contributed by atoms with E-state index in [9.17, 15) is 0 Å². The minimum Gasteiger partial charge on any atom is -1.00 e. The minimum absolute atomic E-state index is 0. The molecule has 0 bridgehead atoms. The second-order valence-corrected chi connectivity index (χ2v) is 5.09. The highest BCUT2D eigenvalue weighted by molar-refractivity contribution is 5.03. The van der Waals surface area contributed by atoms with Crippen LogP contribution in [0.25, 0.3) is 0 Å². The summed E-state index contributed by atoms with van der Waals surface area (Å²) in [5.74, 6) is 0. The van der Waals surface area contributed by atoms with E-state index < -0.39 is 0 Å². The van der Waals surface area contributed by atoms with Gasteiger partial charge in [0.2, 0.25) is 0 Å². The average molecular weight is 314 g/mol. The van der Waals surface area contributed by atoms with E-state index in [-0.39, 0.29) is 17.0 Å². The zero-order valence-corrected chi connectivity index (χ0v) is 13.6. The van der Waals surface area contributed by atoms with Gasteiger partial charge in [0.1, 0.15) is 6.54 Å². The number of pyridine rings is 1. The molecule has 0 saturated heterocycles. The Morgan fingerprint density at radius 2 is 1.33 bits per heavy atom. The van der Waals surface area contributed by atoms with E-state index >= 15 is 0 Å². The fraction of sp³-hybridized carbons (Fsp3) is 0.688. The van der Waals surface area contributed by atoms with Gasteiger partial charge in [-0.2, -0.15) is 0 Å². The van der Waals surface area contributed by atoms with Crippen molar-refractivity contribution in [3.8, 4) is 0 Å². The smallest absolute Gasteiger partial charge is 0.169 e. The molecule has 0 aliphatic rings. The summed E-state index contributed by atoms with van der Waals surface area (Å²) in [6.07, 6.45) is 15.6. The summed E-state index contributed by atoms with van der Waals surface area (Å²) in [6, 6.07) is 4.37. The summed E-state index contributed by atoms with van der Waals surface area (Å²) >= 11 is 0. The van der Waals surface area contributed by atoms with E-state index in [2.05, 4.69) is 42.9 Å². The van der Waals surface area contributed by atoms with Crippen LogP contribution in [0.15, 0.2) is 24.5 Å².